The average Bonchev–Trinajstić information content (AvgIpc) is 2.80. The summed E-state index contributed by atoms with van der Waals surface area (Å²) in [5, 5.41) is 5.59. The van der Waals surface area contributed by atoms with E-state index in [1.54, 1.807) is 36.9 Å². The van der Waals surface area contributed by atoms with E-state index in [0.29, 0.717) is 43.7 Å². The van der Waals surface area contributed by atoms with Gasteiger partial charge in [0.2, 0.25) is 0 Å². The molecule has 2 aromatic rings. The van der Waals surface area contributed by atoms with Crippen LogP contribution in [0.2, 0.25) is 0 Å². The van der Waals surface area contributed by atoms with E-state index in [9.17, 15) is 18.8 Å². The standard InChI is InChI=1S/C23H27FN4O4/c1-3-32-23(31)28-11-9-17(10-12-28)26-22(30)20-6-4-5-19(27-20)21(29)25-14-16-8-7-15(2)18(24)13-16/h4-8,13,17H,3,9-12,14H2,1-2H3,(H,25,29)(H,26,30). The second-order valence-corrected chi connectivity index (χ2v) is 7.61. The highest BCUT2D eigenvalue weighted by Crippen LogP contribution is 2.13. The summed E-state index contributed by atoms with van der Waals surface area (Å²) in [6, 6.07) is 9.31. The van der Waals surface area contributed by atoms with Crippen LogP contribution in [0.1, 0.15) is 51.9 Å². The first-order valence-electron chi connectivity index (χ1n) is 10.6. The van der Waals surface area contributed by atoms with Gasteiger partial charge in [0, 0.05) is 25.7 Å². The maximum atomic E-state index is 13.7. The van der Waals surface area contributed by atoms with Crippen LogP contribution in [0, 0.1) is 12.7 Å². The smallest absolute Gasteiger partial charge is 0.409 e. The van der Waals surface area contributed by atoms with Gasteiger partial charge in [-0.1, -0.05) is 18.2 Å². The third kappa shape index (κ3) is 6.03. The molecule has 1 aliphatic heterocycles. The first kappa shape index (κ1) is 23.2. The molecule has 0 aliphatic carbocycles. The molecule has 8 nitrogen and oxygen atoms in total. The Hall–Kier alpha value is -3.49. The fourth-order valence-electron chi connectivity index (χ4n) is 3.39. The zero-order chi connectivity index (χ0) is 23.1. The monoisotopic (exact) mass is 442 g/mol. The van der Waals surface area contributed by atoms with E-state index in [1.807, 2.05) is 0 Å². The van der Waals surface area contributed by atoms with Crippen LogP contribution in [0.4, 0.5) is 9.18 Å². The van der Waals surface area contributed by atoms with Crippen LogP contribution >= 0.6 is 0 Å². The van der Waals surface area contributed by atoms with Crippen molar-refractivity contribution in [3.05, 3.63) is 64.7 Å². The SMILES string of the molecule is CCOC(=O)N1CCC(NC(=O)c2cccc(C(=O)NCc3ccc(C)c(F)c3)n2)CC1. The molecular weight excluding hydrogens is 415 g/mol. The number of hydrogen-bond acceptors (Lipinski definition) is 5. The first-order valence-corrected chi connectivity index (χ1v) is 10.6. The van der Waals surface area contributed by atoms with Gasteiger partial charge in [-0.3, -0.25) is 9.59 Å². The number of ether oxygens (including phenoxy) is 1. The lowest BCUT2D eigenvalue weighted by Crippen LogP contribution is -2.46. The van der Waals surface area contributed by atoms with E-state index >= 15 is 0 Å². The van der Waals surface area contributed by atoms with E-state index in [0.717, 1.165) is 0 Å². The Balaban J connectivity index is 1.53. The zero-order valence-electron chi connectivity index (χ0n) is 18.2. The maximum Gasteiger partial charge on any atom is 0.409 e. The van der Waals surface area contributed by atoms with Crippen LogP contribution in [-0.4, -0.2) is 53.5 Å². The number of hydrogen-bond donors (Lipinski definition) is 2. The fourth-order valence-corrected chi connectivity index (χ4v) is 3.39. The van der Waals surface area contributed by atoms with Gasteiger partial charge in [0.05, 0.1) is 6.61 Å². The summed E-state index contributed by atoms with van der Waals surface area (Å²) in [7, 11) is 0. The minimum atomic E-state index is -0.455. The molecule has 3 amide bonds. The topological polar surface area (TPSA) is 101 Å². The molecule has 0 unspecified atom stereocenters. The molecule has 1 aromatic heterocycles. The zero-order valence-corrected chi connectivity index (χ0v) is 18.2. The Labute approximate surface area is 186 Å². The van der Waals surface area contributed by atoms with Gasteiger partial charge in [-0.05, 0) is 56.0 Å². The minimum absolute atomic E-state index is 0.0936. The summed E-state index contributed by atoms with van der Waals surface area (Å²) in [4.78, 5) is 42.6. The minimum Gasteiger partial charge on any atom is -0.450 e. The molecule has 1 aromatic carbocycles. The molecule has 0 radical (unpaired) electrons. The lowest BCUT2D eigenvalue weighted by Gasteiger charge is -2.31. The molecule has 9 heteroatoms. The number of nitrogens with zero attached hydrogens (tertiary/aromatic N) is 2. The molecule has 0 atom stereocenters. The van der Waals surface area contributed by atoms with Crippen molar-refractivity contribution in [1.29, 1.82) is 0 Å². The Morgan fingerprint density at radius 2 is 1.81 bits per heavy atom. The van der Waals surface area contributed by atoms with Gasteiger partial charge < -0.3 is 20.3 Å². The normalized spacial score (nSPS) is 14.0. The largest absolute Gasteiger partial charge is 0.450 e. The number of rotatable bonds is 6. The molecule has 32 heavy (non-hydrogen) atoms. The number of halogens is 1. The van der Waals surface area contributed by atoms with Gasteiger partial charge in [-0.15, -0.1) is 0 Å². The molecule has 0 saturated carbocycles. The quantitative estimate of drug-likeness (QED) is 0.717. The predicted molar refractivity (Wildman–Crippen MR) is 116 cm³/mol. The highest BCUT2D eigenvalue weighted by atomic mass is 19.1. The number of amides is 3. The Morgan fingerprint density at radius 1 is 1.12 bits per heavy atom. The van der Waals surface area contributed by atoms with Gasteiger partial charge in [0.15, 0.2) is 0 Å². The lowest BCUT2D eigenvalue weighted by atomic mass is 10.1. The third-order valence-electron chi connectivity index (χ3n) is 5.26. The Morgan fingerprint density at radius 3 is 2.47 bits per heavy atom. The summed E-state index contributed by atoms with van der Waals surface area (Å²) < 4.78 is 18.7. The third-order valence-corrected chi connectivity index (χ3v) is 5.26. The van der Waals surface area contributed by atoms with Crippen molar-refractivity contribution < 1.29 is 23.5 Å². The van der Waals surface area contributed by atoms with Gasteiger partial charge in [-0.25, -0.2) is 14.2 Å². The number of piperidine rings is 1. The van der Waals surface area contributed by atoms with Crippen molar-refractivity contribution in [2.24, 2.45) is 0 Å². The second kappa shape index (κ2) is 10.7. The molecule has 0 spiro atoms. The van der Waals surface area contributed by atoms with Gasteiger partial charge in [0.25, 0.3) is 11.8 Å². The summed E-state index contributed by atoms with van der Waals surface area (Å²) in [6.45, 7) is 4.90. The predicted octanol–water partition coefficient (Wildman–Crippen LogP) is 2.81. The highest BCUT2D eigenvalue weighted by Gasteiger charge is 2.25. The van der Waals surface area contributed by atoms with Crippen molar-refractivity contribution in [2.75, 3.05) is 19.7 Å². The van der Waals surface area contributed by atoms with E-state index in [4.69, 9.17) is 4.74 Å². The Kier molecular flexibility index (Phi) is 7.75. The second-order valence-electron chi connectivity index (χ2n) is 7.61. The van der Waals surface area contributed by atoms with E-state index in [1.165, 1.54) is 18.2 Å². The number of aryl methyl sites for hydroxylation is 1. The summed E-state index contributed by atoms with van der Waals surface area (Å²) >= 11 is 0. The first-order chi connectivity index (χ1) is 15.4. The molecule has 2 heterocycles. The van der Waals surface area contributed by atoms with Crippen LogP contribution in [0.3, 0.4) is 0 Å². The van der Waals surface area contributed by atoms with Crippen molar-refractivity contribution >= 4 is 17.9 Å². The van der Waals surface area contributed by atoms with Gasteiger partial charge in [-0.2, -0.15) is 0 Å². The Bertz CT molecular complexity index is 990. The number of likely N-dealkylation sites (tertiary alicyclic amines) is 1. The van der Waals surface area contributed by atoms with Crippen LogP contribution < -0.4 is 10.6 Å². The summed E-state index contributed by atoms with van der Waals surface area (Å²) in [5.41, 5.74) is 1.39. The van der Waals surface area contributed by atoms with Crippen molar-refractivity contribution in [2.45, 2.75) is 39.3 Å². The van der Waals surface area contributed by atoms with Crippen molar-refractivity contribution in [3.63, 3.8) is 0 Å². The maximum absolute atomic E-state index is 13.7. The molecule has 1 fully saturated rings. The number of benzene rings is 1. The number of nitrogens with one attached hydrogen (secondary N) is 2. The van der Waals surface area contributed by atoms with Gasteiger partial charge in [0.1, 0.15) is 17.2 Å². The number of carbonyl (C=O) groups is 3. The van der Waals surface area contributed by atoms with Crippen LogP contribution in [0.25, 0.3) is 0 Å². The summed E-state index contributed by atoms with van der Waals surface area (Å²) in [6.07, 6.45) is 0.876. The molecule has 1 saturated heterocycles. The highest BCUT2D eigenvalue weighted by molar-refractivity contribution is 5.96. The van der Waals surface area contributed by atoms with E-state index < -0.39 is 5.91 Å². The number of carbonyl (C=O) groups excluding carboxylic acids is 3. The van der Waals surface area contributed by atoms with E-state index in [-0.39, 0.29) is 41.8 Å². The lowest BCUT2D eigenvalue weighted by molar-refractivity contribution is 0.0856. The number of pyridine rings is 1. The number of aromatic nitrogens is 1. The van der Waals surface area contributed by atoms with Crippen LogP contribution in [-0.2, 0) is 11.3 Å². The molecule has 1 aliphatic rings. The fraction of sp³-hybridized carbons (Fsp3) is 0.391. The van der Waals surface area contributed by atoms with E-state index in [2.05, 4.69) is 15.6 Å². The van der Waals surface area contributed by atoms with Gasteiger partial charge >= 0.3 is 6.09 Å². The molecule has 2 N–H and O–H groups in total. The molecular formula is C23H27FN4O4. The molecule has 3 rings (SSSR count). The van der Waals surface area contributed by atoms with Crippen LogP contribution in [0.15, 0.2) is 36.4 Å². The molecule has 0 bridgehead atoms. The van der Waals surface area contributed by atoms with Crippen molar-refractivity contribution in [3.8, 4) is 0 Å². The average molecular weight is 442 g/mol. The molecule has 170 valence electrons. The summed E-state index contributed by atoms with van der Waals surface area (Å²) in [5.74, 6) is -1.17. The van der Waals surface area contributed by atoms with Crippen LogP contribution in [0.5, 0.6) is 0 Å². The van der Waals surface area contributed by atoms with Crippen molar-refractivity contribution in [1.82, 2.24) is 20.5 Å².